The van der Waals surface area contributed by atoms with Crippen LogP contribution in [0.1, 0.15) is 36.9 Å². The highest BCUT2D eigenvalue weighted by Gasteiger charge is 2.26. The number of rotatable bonds is 7. The van der Waals surface area contributed by atoms with Gasteiger partial charge >= 0.3 is 0 Å². The van der Waals surface area contributed by atoms with Crippen LogP contribution in [0.2, 0.25) is 0 Å². The summed E-state index contributed by atoms with van der Waals surface area (Å²) in [5, 5.41) is 23.4. The molecule has 1 saturated carbocycles. The van der Waals surface area contributed by atoms with Crippen LogP contribution in [-0.2, 0) is 6.54 Å². The van der Waals surface area contributed by atoms with E-state index >= 15 is 0 Å². The number of pyridine rings is 1. The summed E-state index contributed by atoms with van der Waals surface area (Å²) in [5.41, 5.74) is 4.12. The third-order valence-corrected chi connectivity index (χ3v) is 7.59. The standard InChI is InChI=1S/C24H26N6O2S2/c31-22-20(34-24(32)30-22)12-19-7-10-26-23(29-19)28-18-5-3-17(4-6-18)27-13-15-2-1-9-25-21(15)16-8-11-33-14-16/h1-2,7-12,14,17-18,22,27,31H,3-6,13H2,(H,30,32)(H,26,28,29)/b20-12-. The predicted octanol–water partition coefficient (Wildman–Crippen LogP) is 4.23. The SMILES string of the molecule is O=C1NC(O)/C(=C/c2ccnc(NC3CCC(NCc4cccnc4-c4ccsc4)CC3)n2)S1. The summed E-state index contributed by atoms with van der Waals surface area (Å²) in [6.07, 6.45) is 8.50. The van der Waals surface area contributed by atoms with Crippen LogP contribution >= 0.6 is 23.1 Å². The molecule has 2 fully saturated rings. The number of nitrogens with one attached hydrogen (secondary N) is 3. The summed E-state index contributed by atoms with van der Waals surface area (Å²) in [6, 6.07) is 8.81. The highest BCUT2D eigenvalue weighted by Crippen LogP contribution is 2.28. The number of hydrogen-bond acceptors (Lipinski definition) is 9. The maximum atomic E-state index is 11.4. The summed E-state index contributed by atoms with van der Waals surface area (Å²) >= 11 is 2.67. The zero-order valence-corrected chi connectivity index (χ0v) is 20.1. The molecule has 0 bridgehead atoms. The Morgan fingerprint density at radius 1 is 1.12 bits per heavy atom. The van der Waals surface area contributed by atoms with Gasteiger partial charge in [0.05, 0.1) is 11.4 Å². The molecule has 4 N–H and O–H groups in total. The van der Waals surface area contributed by atoms with Gasteiger partial charge in [-0.25, -0.2) is 9.97 Å². The number of aliphatic hydroxyl groups is 1. The second kappa shape index (κ2) is 10.6. The molecule has 1 aliphatic heterocycles. The lowest BCUT2D eigenvalue weighted by molar-refractivity contribution is 0.192. The Hall–Kier alpha value is -2.79. The van der Waals surface area contributed by atoms with Gasteiger partial charge in [0.2, 0.25) is 5.95 Å². The minimum Gasteiger partial charge on any atom is -0.369 e. The van der Waals surface area contributed by atoms with Crippen molar-refractivity contribution in [3.05, 3.63) is 63.6 Å². The fraction of sp³-hybridized carbons (Fsp3) is 0.333. The highest BCUT2D eigenvalue weighted by atomic mass is 32.2. The molecule has 2 aliphatic rings. The highest BCUT2D eigenvalue weighted by molar-refractivity contribution is 8.17. The first-order valence-electron chi connectivity index (χ1n) is 11.3. The maximum absolute atomic E-state index is 11.4. The molecule has 10 heteroatoms. The van der Waals surface area contributed by atoms with Gasteiger partial charge in [-0.3, -0.25) is 9.78 Å². The van der Waals surface area contributed by atoms with Crippen LogP contribution in [0.5, 0.6) is 0 Å². The van der Waals surface area contributed by atoms with E-state index in [1.54, 1.807) is 29.7 Å². The molecule has 1 unspecified atom stereocenters. The Morgan fingerprint density at radius 2 is 1.97 bits per heavy atom. The molecular formula is C24H26N6O2S2. The van der Waals surface area contributed by atoms with E-state index in [-0.39, 0.29) is 5.24 Å². The number of carbonyl (C=O) groups excluding carboxylic acids is 1. The van der Waals surface area contributed by atoms with Gasteiger partial charge in [-0.05, 0) is 72.7 Å². The molecule has 3 aromatic rings. The third kappa shape index (κ3) is 5.64. The van der Waals surface area contributed by atoms with Crippen LogP contribution in [0, 0.1) is 0 Å². The van der Waals surface area contributed by atoms with Crippen molar-refractivity contribution in [1.82, 2.24) is 25.6 Å². The summed E-state index contributed by atoms with van der Waals surface area (Å²) in [4.78, 5) is 25.4. The number of thioether (sulfide) groups is 1. The van der Waals surface area contributed by atoms with Crippen molar-refractivity contribution in [3.8, 4) is 11.3 Å². The number of hydrogen-bond donors (Lipinski definition) is 4. The maximum Gasteiger partial charge on any atom is 0.285 e. The second-order valence-electron chi connectivity index (χ2n) is 8.39. The van der Waals surface area contributed by atoms with E-state index < -0.39 is 6.23 Å². The fourth-order valence-corrected chi connectivity index (χ4v) is 5.65. The lowest BCUT2D eigenvalue weighted by Gasteiger charge is -2.30. The number of carbonyl (C=O) groups is 1. The number of aliphatic hydroxyl groups excluding tert-OH is 1. The van der Waals surface area contributed by atoms with Crippen molar-refractivity contribution in [2.24, 2.45) is 0 Å². The van der Waals surface area contributed by atoms with E-state index in [1.807, 2.05) is 12.3 Å². The number of aromatic nitrogens is 3. The Morgan fingerprint density at radius 3 is 2.74 bits per heavy atom. The monoisotopic (exact) mass is 494 g/mol. The van der Waals surface area contributed by atoms with Gasteiger partial charge in [-0.1, -0.05) is 6.07 Å². The van der Waals surface area contributed by atoms with Gasteiger partial charge in [-0.2, -0.15) is 11.3 Å². The first-order chi connectivity index (χ1) is 16.6. The molecule has 0 radical (unpaired) electrons. The number of anilines is 1. The summed E-state index contributed by atoms with van der Waals surface area (Å²) < 4.78 is 0. The molecule has 5 rings (SSSR count). The number of nitrogens with zero attached hydrogens (tertiary/aromatic N) is 3. The zero-order chi connectivity index (χ0) is 23.3. The summed E-state index contributed by atoms with van der Waals surface area (Å²) in [6.45, 7) is 0.808. The average molecular weight is 495 g/mol. The lowest BCUT2D eigenvalue weighted by atomic mass is 9.91. The smallest absolute Gasteiger partial charge is 0.285 e. The van der Waals surface area contributed by atoms with Crippen LogP contribution in [-0.4, -0.2) is 43.6 Å². The topological polar surface area (TPSA) is 112 Å². The van der Waals surface area contributed by atoms with Crippen molar-refractivity contribution in [2.45, 2.75) is 50.5 Å². The molecule has 0 aromatic carbocycles. The van der Waals surface area contributed by atoms with Crippen LogP contribution in [0.3, 0.4) is 0 Å². The van der Waals surface area contributed by atoms with Crippen molar-refractivity contribution in [3.63, 3.8) is 0 Å². The van der Waals surface area contributed by atoms with Crippen molar-refractivity contribution in [1.29, 1.82) is 0 Å². The Kier molecular flexibility index (Phi) is 7.19. The number of thiophene rings is 1. The molecule has 1 amide bonds. The Bertz CT molecular complexity index is 1160. The van der Waals surface area contributed by atoms with Gasteiger partial charge in [-0.15, -0.1) is 0 Å². The minimum absolute atomic E-state index is 0.261. The van der Waals surface area contributed by atoms with Crippen LogP contribution in [0.15, 0.2) is 52.3 Å². The van der Waals surface area contributed by atoms with Gasteiger partial charge < -0.3 is 21.1 Å². The normalized spacial score (nSPS) is 23.7. The van der Waals surface area contributed by atoms with E-state index in [0.29, 0.717) is 28.6 Å². The first-order valence-corrected chi connectivity index (χ1v) is 13.1. The molecule has 176 valence electrons. The number of amides is 1. The van der Waals surface area contributed by atoms with E-state index in [0.717, 1.165) is 49.7 Å². The van der Waals surface area contributed by atoms with E-state index in [1.165, 1.54) is 11.1 Å². The molecule has 34 heavy (non-hydrogen) atoms. The van der Waals surface area contributed by atoms with Crippen LogP contribution < -0.4 is 16.0 Å². The van der Waals surface area contributed by atoms with Crippen molar-refractivity contribution >= 4 is 40.4 Å². The molecular weight excluding hydrogens is 468 g/mol. The average Bonchev–Trinajstić information content (AvgIpc) is 3.49. The fourth-order valence-electron chi connectivity index (χ4n) is 4.27. The molecule has 3 aromatic heterocycles. The van der Waals surface area contributed by atoms with Crippen molar-refractivity contribution < 1.29 is 9.90 Å². The predicted molar refractivity (Wildman–Crippen MR) is 136 cm³/mol. The second-order valence-corrected chi connectivity index (χ2v) is 10.2. The molecule has 1 saturated heterocycles. The molecule has 1 atom stereocenters. The van der Waals surface area contributed by atoms with Gasteiger partial charge in [0.15, 0.2) is 6.23 Å². The third-order valence-electron chi connectivity index (χ3n) is 6.03. The largest absolute Gasteiger partial charge is 0.369 e. The first kappa shape index (κ1) is 23.0. The molecule has 1 aliphatic carbocycles. The van der Waals surface area contributed by atoms with Crippen LogP contribution in [0.25, 0.3) is 17.3 Å². The molecule has 8 nitrogen and oxygen atoms in total. The quantitative estimate of drug-likeness (QED) is 0.386. The Labute approximate surface area is 206 Å². The van der Waals surface area contributed by atoms with E-state index in [9.17, 15) is 9.90 Å². The molecule has 0 spiro atoms. The summed E-state index contributed by atoms with van der Waals surface area (Å²) in [7, 11) is 0. The minimum atomic E-state index is -0.973. The van der Waals surface area contributed by atoms with Crippen LogP contribution in [0.4, 0.5) is 10.7 Å². The van der Waals surface area contributed by atoms with E-state index in [4.69, 9.17) is 0 Å². The molecule has 4 heterocycles. The van der Waals surface area contributed by atoms with E-state index in [2.05, 4.69) is 53.8 Å². The zero-order valence-electron chi connectivity index (χ0n) is 18.5. The van der Waals surface area contributed by atoms with Gasteiger partial charge in [0.25, 0.3) is 5.24 Å². The lowest BCUT2D eigenvalue weighted by Crippen LogP contribution is -2.37. The Balaban J connectivity index is 1.13. The van der Waals surface area contributed by atoms with Crippen molar-refractivity contribution in [2.75, 3.05) is 5.32 Å². The van der Waals surface area contributed by atoms with Gasteiger partial charge in [0, 0.05) is 46.9 Å². The van der Waals surface area contributed by atoms with Gasteiger partial charge in [0.1, 0.15) is 0 Å². The summed E-state index contributed by atoms with van der Waals surface area (Å²) in [5.74, 6) is 0.568.